The molecule has 0 unspecified atom stereocenters. The summed E-state index contributed by atoms with van der Waals surface area (Å²) in [4.78, 5) is 13.4. The van der Waals surface area contributed by atoms with E-state index < -0.39 is 0 Å². The number of furan rings is 1. The number of aryl methyl sites for hydroxylation is 2. The zero-order valence-corrected chi connectivity index (χ0v) is 16.1. The maximum absolute atomic E-state index is 5.65. The number of hydrogen-bond donors (Lipinski definition) is 1. The summed E-state index contributed by atoms with van der Waals surface area (Å²) in [5, 5.41) is 8.46. The summed E-state index contributed by atoms with van der Waals surface area (Å²) in [6, 6.07) is 10.2. The van der Waals surface area contributed by atoms with E-state index in [1.54, 1.807) is 0 Å². The molecule has 0 radical (unpaired) electrons. The van der Waals surface area contributed by atoms with Crippen molar-refractivity contribution in [2.45, 2.75) is 45.6 Å². The second kappa shape index (κ2) is 6.44. The molecule has 1 saturated carbocycles. The molecule has 3 heterocycles. The molecule has 1 atom stereocenters. The van der Waals surface area contributed by atoms with Crippen LogP contribution in [0.4, 0.5) is 5.82 Å². The first kappa shape index (κ1) is 16.9. The summed E-state index contributed by atoms with van der Waals surface area (Å²) in [6.45, 7) is 5.88. The normalized spacial score (nSPS) is 15.1. The highest BCUT2D eigenvalue weighted by molar-refractivity contribution is 5.86. The molecular formula is C21H21N5O2. The Morgan fingerprint density at radius 1 is 1.07 bits per heavy atom. The number of nitrogens with zero attached hydrogens (tertiary/aromatic N) is 4. The maximum atomic E-state index is 5.65. The highest BCUT2D eigenvalue weighted by Gasteiger charge is 2.29. The van der Waals surface area contributed by atoms with E-state index in [1.807, 2.05) is 32.0 Å². The molecule has 0 amide bonds. The number of benzene rings is 1. The Hall–Kier alpha value is -3.22. The van der Waals surface area contributed by atoms with Gasteiger partial charge in [-0.25, -0.2) is 4.98 Å². The molecule has 1 aliphatic rings. The van der Waals surface area contributed by atoms with E-state index in [-0.39, 0.29) is 6.04 Å². The molecule has 1 aromatic carbocycles. The molecular weight excluding hydrogens is 354 g/mol. The van der Waals surface area contributed by atoms with Crippen LogP contribution in [0.5, 0.6) is 0 Å². The van der Waals surface area contributed by atoms with E-state index in [0.717, 1.165) is 46.8 Å². The number of rotatable bonds is 5. The monoisotopic (exact) mass is 375 g/mol. The van der Waals surface area contributed by atoms with Crippen molar-refractivity contribution in [3.63, 3.8) is 0 Å². The van der Waals surface area contributed by atoms with E-state index in [1.165, 1.54) is 0 Å². The number of fused-ring (bicyclic) bond motifs is 1. The fourth-order valence-electron chi connectivity index (χ4n) is 3.32. The molecule has 7 heteroatoms. The molecule has 7 nitrogen and oxygen atoms in total. The van der Waals surface area contributed by atoms with Crippen molar-refractivity contribution in [1.82, 2.24) is 20.1 Å². The second-order valence-corrected chi connectivity index (χ2v) is 7.42. The van der Waals surface area contributed by atoms with Crippen LogP contribution < -0.4 is 5.32 Å². The van der Waals surface area contributed by atoms with Crippen molar-refractivity contribution in [3.05, 3.63) is 53.3 Å². The van der Waals surface area contributed by atoms with Gasteiger partial charge in [0.15, 0.2) is 5.82 Å². The van der Waals surface area contributed by atoms with Crippen LogP contribution in [0.1, 0.15) is 54.7 Å². The van der Waals surface area contributed by atoms with Gasteiger partial charge >= 0.3 is 0 Å². The van der Waals surface area contributed by atoms with Crippen LogP contribution in [0.3, 0.4) is 0 Å². The average molecular weight is 375 g/mol. The lowest BCUT2D eigenvalue weighted by atomic mass is 10.1. The largest absolute Gasteiger partial charge is 0.443 e. The summed E-state index contributed by atoms with van der Waals surface area (Å²) in [5.41, 5.74) is 2.68. The Morgan fingerprint density at radius 2 is 1.86 bits per heavy atom. The molecule has 3 aromatic heterocycles. The third-order valence-corrected chi connectivity index (χ3v) is 5.02. The van der Waals surface area contributed by atoms with E-state index in [2.05, 4.69) is 44.5 Å². The number of aromatic nitrogens is 4. The van der Waals surface area contributed by atoms with Gasteiger partial charge in [-0.05, 0) is 57.4 Å². The predicted octanol–water partition coefficient (Wildman–Crippen LogP) is 4.94. The smallest absolute Gasteiger partial charge is 0.257 e. The number of anilines is 1. The highest BCUT2D eigenvalue weighted by Crippen LogP contribution is 2.39. The topological polar surface area (TPSA) is 89.9 Å². The molecule has 1 aliphatic carbocycles. The first-order valence-electron chi connectivity index (χ1n) is 9.52. The van der Waals surface area contributed by atoms with Gasteiger partial charge in [-0.2, -0.15) is 9.97 Å². The standard InChI is InChI=1S/C21H21N5O2/c1-11-10-17-19(23-13(3)24-21(17)27-11)22-12(2)14-4-8-16(9-5-14)20-25-18(26-28-20)15-6-7-15/h4-5,8-10,12,15H,6-7H2,1-3H3,(H,22,23,24)/t12-/m0/s1. The Bertz CT molecular complexity index is 1140. The average Bonchev–Trinajstić information content (AvgIpc) is 3.28. The third-order valence-electron chi connectivity index (χ3n) is 5.02. The van der Waals surface area contributed by atoms with Crippen LogP contribution >= 0.6 is 0 Å². The molecule has 0 spiro atoms. The molecule has 0 saturated heterocycles. The Kier molecular flexibility index (Phi) is 3.89. The zero-order chi connectivity index (χ0) is 19.3. The van der Waals surface area contributed by atoms with Crippen LogP contribution in [-0.2, 0) is 0 Å². The Morgan fingerprint density at radius 3 is 2.61 bits per heavy atom. The van der Waals surface area contributed by atoms with Gasteiger partial charge in [0.2, 0.25) is 5.71 Å². The summed E-state index contributed by atoms with van der Waals surface area (Å²) in [6.07, 6.45) is 2.32. The molecule has 28 heavy (non-hydrogen) atoms. The molecule has 5 rings (SSSR count). The quantitative estimate of drug-likeness (QED) is 0.528. The predicted molar refractivity (Wildman–Crippen MR) is 105 cm³/mol. The minimum atomic E-state index is 0.0615. The first-order chi connectivity index (χ1) is 13.6. The van der Waals surface area contributed by atoms with Gasteiger partial charge in [-0.1, -0.05) is 17.3 Å². The van der Waals surface area contributed by atoms with Crippen LogP contribution in [0.15, 0.2) is 39.3 Å². The van der Waals surface area contributed by atoms with Gasteiger partial charge in [0.1, 0.15) is 17.4 Å². The summed E-state index contributed by atoms with van der Waals surface area (Å²) < 4.78 is 11.1. The van der Waals surface area contributed by atoms with Crippen molar-refractivity contribution in [1.29, 1.82) is 0 Å². The summed E-state index contributed by atoms with van der Waals surface area (Å²) in [5.74, 6) is 4.17. The molecule has 4 aromatic rings. The first-order valence-corrected chi connectivity index (χ1v) is 9.52. The molecule has 0 aliphatic heterocycles. The van der Waals surface area contributed by atoms with Crippen LogP contribution in [0.25, 0.3) is 22.6 Å². The Balaban J connectivity index is 1.37. The third kappa shape index (κ3) is 3.13. The fourth-order valence-corrected chi connectivity index (χ4v) is 3.32. The van der Waals surface area contributed by atoms with Crippen LogP contribution in [0.2, 0.25) is 0 Å². The molecule has 0 bridgehead atoms. The van der Waals surface area contributed by atoms with Crippen molar-refractivity contribution < 1.29 is 8.94 Å². The lowest BCUT2D eigenvalue weighted by Crippen LogP contribution is -2.09. The highest BCUT2D eigenvalue weighted by atomic mass is 16.5. The lowest BCUT2D eigenvalue weighted by molar-refractivity contribution is 0.422. The SMILES string of the molecule is Cc1nc(N[C@@H](C)c2ccc(-c3nc(C4CC4)no3)cc2)c2cc(C)oc2n1. The lowest BCUT2D eigenvalue weighted by Gasteiger charge is -2.16. The minimum absolute atomic E-state index is 0.0615. The van der Waals surface area contributed by atoms with Gasteiger partial charge in [0.05, 0.1) is 5.39 Å². The van der Waals surface area contributed by atoms with Gasteiger partial charge in [-0.15, -0.1) is 0 Å². The zero-order valence-electron chi connectivity index (χ0n) is 16.1. The van der Waals surface area contributed by atoms with Gasteiger partial charge in [-0.3, -0.25) is 0 Å². The van der Waals surface area contributed by atoms with Crippen molar-refractivity contribution in [3.8, 4) is 11.5 Å². The Labute approximate surface area is 162 Å². The van der Waals surface area contributed by atoms with E-state index in [9.17, 15) is 0 Å². The second-order valence-electron chi connectivity index (χ2n) is 7.42. The maximum Gasteiger partial charge on any atom is 0.257 e. The van der Waals surface area contributed by atoms with Crippen molar-refractivity contribution in [2.24, 2.45) is 0 Å². The van der Waals surface area contributed by atoms with Gasteiger partial charge < -0.3 is 14.3 Å². The van der Waals surface area contributed by atoms with Crippen molar-refractivity contribution in [2.75, 3.05) is 5.32 Å². The summed E-state index contributed by atoms with van der Waals surface area (Å²) >= 11 is 0. The molecule has 142 valence electrons. The number of hydrogen-bond acceptors (Lipinski definition) is 7. The van der Waals surface area contributed by atoms with E-state index in [0.29, 0.717) is 23.3 Å². The molecule has 1 N–H and O–H groups in total. The van der Waals surface area contributed by atoms with E-state index in [4.69, 9.17) is 8.94 Å². The van der Waals surface area contributed by atoms with Crippen molar-refractivity contribution >= 4 is 16.9 Å². The molecule has 1 fully saturated rings. The van der Waals surface area contributed by atoms with E-state index >= 15 is 0 Å². The van der Waals surface area contributed by atoms with Crippen LogP contribution in [0, 0.1) is 13.8 Å². The summed E-state index contributed by atoms with van der Waals surface area (Å²) in [7, 11) is 0. The van der Waals surface area contributed by atoms with Gasteiger partial charge in [0.25, 0.3) is 5.89 Å². The van der Waals surface area contributed by atoms with Gasteiger partial charge in [0, 0.05) is 17.5 Å². The number of nitrogens with one attached hydrogen (secondary N) is 1. The van der Waals surface area contributed by atoms with Crippen LogP contribution in [-0.4, -0.2) is 20.1 Å². The fraction of sp³-hybridized carbons (Fsp3) is 0.333. The minimum Gasteiger partial charge on any atom is -0.443 e.